The average Bonchev–Trinajstić information content (AvgIpc) is 2.66. The Balaban J connectivity index is 2.12. The van der Waals surface area contributed by atoms with Gasteiger partial charge in [-0.3, -0.25) is 14.9 Å². The number of carbonyl (C=O) groups excluding carboxylic acids is 1. The van der Waals surface area contributed by atoms with E-state index in [1.165, 1.54) is 5.57 Å². The number of ether oxygens (including phenoxy) is 1. The second kappa shape index (κ2) is 5.31. The van der Waals surface area contributed by atoms with E-state index < -0.39 is 5.41 Å². The number of carbonyl (C=O) groups is 1. The molecule has 0 radical (unpaired) electrons. The van der Waals surface area contributed by atoms with Gasteiger partial charge in [-0.15, -0.1) is 0 Å². The monoisotopic (exact) mass is 267 g/mol. The van der Waals surface area contributed by atoms with E-state index in [1.54, 1.807) is 6.92 Å². The lowest BCUT2D eigenvalue weighted by Gasteiger charge is -2.49. The van der Waals surface area contributed by atoms with Gasteiger partial charge in [0.1, 0.15) is 0 Å². The molecule has 0 N–H and O–H groups in total. The normalized spacial score (nSPS) is 32.2. The van der Waals surface area contributed by atoms with Gasteiger partial charge in [-0.25, -0.2) is 0 Å². The third-order valence-electron chi connectivity index (χ3n) is 4.52. The fourth-order valence-corrected chi connectivity index (χ4v) is 3.73. The van der Waals surface area contributed by atoms with Crippen LogP contribution in [0, 0.1) is 27.4 Å². The smallest absolute Gasteiger partial charge is 0.306 e. The quantitative estimate of drug-likeness (QED) is 0.321. The molecule has 0 bridgehead atoms. The molecule has 0 spiro atoms. The number of fused-ring (bicyclic) bond motifs is 1. The minimum Gasteiger partial charge on any atom is -0.466 e. The molecule has 2 aliphatic carbocycles. The van der Waals surface area contributed by atoms with E-state index in [4.69, 9.17) is 4.74 Å². The van der Waals surface area contributed by atoms with E-state index in [-0.39, 0.29) is 29.8 Å². The van der Waals surface area contributed by atoms with Crippen LogP contribution in [0.3, 0.4) is 0 Å². The molecular formula is C14H21NO4. The Labute approximate surface area is 113 Å². The third-order valence-corrected chi connectivity index (χ3v) is 4.52. The molecule has 5 nitrogen and oxygen atoms in total. The molecule has 3 atom stereocenters. The van der Waals surface area contributed by atoms with Crippen molar-refractivity contribution in [3.8, 4) is 0 Å². The maximum atomic E-state index is 11.7. The highest BCUT2D eigenvalue weighted by atomic mass is 16.6. The van der Waals surface area contributed by atoms with Crippen molar-refractivity contribution in [1.82, 2.24) is 0 Å². The van der Waals surface area contributed by atoms with Crippen molar-refractivity contribution in [1.29, 1.82) is 0 Å². The van der Waals surface area contributed by atoms with Gasteiger partial charge in [0.05, 0.1) is 18.4 Å². The molecule has 0 aromatic rings. The summed E-state index contributed by atoms with van der Waals surface area (Å²) < 4.78 is 4.97. The Kier molecular flexibility index (Phi) is 3.92. The molecule has 1 saturated carbocycles. The molecule has 0 unspecified atom stereocenters. The SMILES string of the molecule is CCOC(=O)C[C@]1(C[N+](=O)[O-])C[C@H]2CC(CC)=C[C@H]21. The second-order valence-electron chi connectivity index (χ2n) is 5.71. The van der Waals surface area contributed by atoms with Crippen molar-refractivity contribution >= 4 is 5.97 Å². The maximum Gasteiger partial charge on any atom is 0.306 e. The highest BCUT2D eigenvalue weighted by Gasteiger charge is 2.58. The van der Waals surface area contributed by atoms with Gasteiger partial charge in [0.15, 0.2) is 0 Å². The van der Waals surface area contributed by atoms with Crippen LogP contribution in [0.2, 0.25) is 0 Å². The van der Waals surface area contributed by atoms with Crippen molar-refractivity contribution in [3.63, 3.8) is 0 Å². The zero-order chi connectivity index (χ0) is 14.0. The lowest BCUT2D eigenvalue weighted by Crippen LogP contribution is -2.51. The highest BCUT2D eigenvalue weighted by Crippen LogP contribution is 2.60. The number of allylic oxidation sites excluding steroid dienone is 2. The Morgan fingerprint density at radius 2 is 2.32 bits per heavy atom. The van der Waals surface area contributed by atoms with Gasteiger partial charge < -0.3 is 4.74 Å². The number of nitrogens with zero attached hydrogens (tertiary/aromatic N) is 1. The third kappa shape index (κ3) is 2.65. The fraction of sp³-hybridized carbons (Fsp3) is 0.786. The van der Waals surface area contributed by atoms with Crippen LogP contribution in [0.15, 0.2) is 11.6 Å². The Bertz CT molecular complexity index is 418. The maximum absolute atomic E-state index is 11.7. The van der Waals surface area contributed by atoms with Crippen molar-refractivity contribution in [2.45, 2.75) is 39.5 Å². The van der Waals surface area contributed by atoms with Crippen LogP contribution in [-0.2, 0) is 9.53 Å². The summed E-state index contributed by atoms with van der Waals surface area (Å²) >= 11 is 0. The number of hydrogen-bond donors (Lipinski definition) is 0. The number of esters is 1. The van der Waals surface area contributed by atoms with Gasteiger partial charge in [-0.05, 0) is 38.0 Å². The van der Waals surface area contributed by atoms with Gasteiger partial charge in [-0.1, -0.05) is 18.6 Å². The summed E-state index contributed by atoms with van der Waals surface area (Å²) in [5.74, 6) is 0.391. The molecule has 0 heterocycles. The molecule has 0 aliphatic heterocycles. The van der Waals surface area contributed by atoms with Gasteiger partial charge in [0, 0.05) is 4.92 Å². The molecule has 5 heteroatoms. The number of hydrogen-bond acceptors (Lipinski definition) is 4. The zero-order valence-corrected chi connectivity index (χ0v) is 11.6. The Morgan fingerprint density at radius 1 is 1.58 bits per heavy atom. The van der Waals surface area contributed by atoms with Gasteiger partial charge in [0.2, 0.25) is 6.54 Å². The molecular weight excluding hydrogens is 246 g/mol. The Hall–Kier alpha value is -1.39. The van der Waals surface area contributed by atoms with Crippen LogP contribution < -0.4 is 0 Å². The van der Waals surface area contributed by atoms with E-state index in [1.807, 2.05) is 0 Å². The van der Waals surface area contributed by atoms with Crippen molar-refractivity contribution in [2.75, 3.05) is 13.2 Å². The van der Waals surface area contributed by atoms with Crippen molar-refractivity contribution in [3.05, 3.63) is 21.8 Å². The summed E-state index contributed by atoms with van der Waals surface area (Å²) in [6.07, 6.45) is 5.18. The number of nitro groups is 1. The first-order valence-corrected chi connectivity index (χ1v) is 6.97. The number of rotatable bonds is 6. The molecule has 0 amide bonds. The van der Waals surface area contributed by atoms with Crippen LogP contribution in [0.1, 0.15) is 39.5 Å². The van der Waals surface area contributed by atoms with Crippen molar-refractivity contribution < 1.29 is 14.5 Å². The zero-order valence-electron chi connectivity index (χ0n) is 11.6. The minimum absolute atomic E-state index is 0.125. The van der Waals surface area contributed by atoms with Gasteiger partial charge in [-0.2, -0.15) is 0 Å². The first-order chi connectivity index (χ1) is 9.00. The summed E-state index contributed by atoms with van der Waals surface area (Å²) in [4.78, 5) is 22.3. The lowest BCUT2D eigenvalue weighted by molar-refractivity contribution is -0.505. The summed E-state index contributed by atoms with van der Waals surface area (Å²) in [5, 5.41) is 10.9. The lowest BCUT2D eigenvalue weighted by atomic mass is 9.53. The minimum atomic E-state index is -0.503. The fourth-order valence-electron chi connectivity index (χ4n) is 3.73. The van der Waals surface area contributed by atoms with Crippen LogP contribution in [-0.4, -0.2) is 24.0 Å². The first-order valence-electron chi connectivity index (χ1n) is 6.97. The molecule has 0 aromatic carbocycles. The molecule has 0 aromatic heterocycles. The first kappa shape index (κ1) is 14.0. The topological polar surface area (TPSA) is 69.4 Å². The molecule has 1 fully saturated rings. The predicted molar refractivity (Wildman–Crippen MR) is 70.1 cm³/mol. The average molecular weight is 267 g/mol. The van der Waals surface area contributed by atoms with E-state index in [0.29, 0.717) is 12.5 Å². The van der Waals surface area contributed by atoms with Crippen LogP contribution in [0.4, 0.5) is 0 Å². The molecule has 0 saturated heterocycles. The van der Waals surface area contributed by atoms with Gasteiger partial charge >= 0.3 is 5.97 Å². The largest absolute Gasteiger partial charge is 0.466 e. The van der Waals surface area contributed by atoms with E-state index in [0.717, 1.165) is 19.3 Å². The molecule has 106 valence electrons. The van der Waals surface area contributed by atoms with Crippen LogP contribution in [0.25, 0.3) is 0 Å². The van der Waals surface area contributed by atoms with E-state index in [9.17, 15) is 14.9 Å². The van der Waals surface area contributed by atoms with Crippen molar-refractivity contribution in [2.24, 2.45) is 17.3 Å². The Morgan fingerprint density at radius 3 is 2.89 bits per heavy atom. The second-order valence-corrected chi connectivity index (χ2v) is 5.71. The molecule has 19 heavy (non-hydrogen) atoms. The summed E-state index contributed by atoms with van der Waals surface area (Å²) in [6, 6.07) is 0. The molecule has 2 aliphatic rings. The molecule has 2 rings (SSSR count). The van der Waals surface area contributed by atoms with Crippen LogP contribution in [0.5, 0.6) is 0 Å². The predicted octanol–water partition coefficient (Wildman–Crippen LogP) is 2.58. The highest BCUT2D eigenvalue weighted by molar-refractivity contribution is 5.70. The summed E-state index contributed by atoms with van der Waals surface area (Å²) in [5.41, 5.74) is 0.876. The standard InChI is InChI=1S/C14H21NO4/c1-3-10-5-11-7-14(9-15(17)18,12(11)6-10)8-13(16)19-4-2/h6,11-12H,3-5,7-9H2,1-2H3/t11-,12-,14+/m1/s1. The summed E-state index contributed by atoms with van der Waals surface area (Å²) in [7, 11) is 0. The van der Waals surface area contributed by atoms with Gasteiger partial charge in [0.25, 0.3) is 0 Å². The van der Waals surface area contributed by atoms with E-state index >= 15 is 0 Å². The summed E-state index contributed by atoms with van der Waals surface area (Å²) in [6.45, 7) is 4.07. The van der Waals surface area contributed by atoms with Crippen LogP contribution >= 0.6 is 0 Å². The van der Waals surface area contributed by atoms with E-state index in [2.05, 4.69) is 13.0 Å².